The SMILES string of the molecule is C1CNCC2(C1)NC1(CCO2)COC1. The lowest BCUT2D eigenvalue weighted by molar-refractivity contribution is -0.201. The lowest BCUT2D eigenvalue weighted by Crippen LogP contribution is -2.74. The van der Waals surface area contributed by atoms with Crippen molar-refractivity contribution in [2.75, 3.05) is 32.9 Å². The number of rotatable bonds is 0. The smallest absolute Gasteiger partial charge is 0.132 e. The molecular formula is C10H18N2O2. The van der Waals surface area contributed by atoms with E-state index in [0.29, 0.717) is 0 Å². The number of hydrogen-bond donors (Lipinski definition) is 2. The van der Waals surface area contributed by atoms with Crippen molar-refractivity contribution in [1.82, 2.24) is 10.6 Å². The molecule has 3 saturated heterocycles. The Kier molecular flexibility index (Phi) is 2.06. The molecule has 0 aromatic rings. The van der Waals surface area contributed by atoms with Crippen LogP contribution in [-0.4, -0.2) is 44.2 Å². The highest BCUT2D eigenvalue weighted by atomic mass is 16.5. The molecule has 4 heteroatoms. The number of hydrogen-bond acceptors (Lipinski definition) is 4. The Bertz CT molecular complexity index is 217. The molecule has 2 N–H and O–H groups in total. The summed E-state index contributed by atoms with van der Waals surface area (Å²) < 4.78 is 11.2. The fraction of sp³-hybridized carbons (Fsp3) is 1.00. The zero-order valence-electron chi connectivity index (χ0n) is 8.47. The highest BCUT2D eigenvalue weighted by Gasteiger charge is 2.49. The topological polar surface area (TPSA) is 42.5 Å². The maximum absolute atomic E-state index is 5.91. The molecule has 0 radical (unpaired) electrons. The molecular weight excluding hydrogens is 180 g/mol. The summed E-state index contributed by atoms with van der Waals surface area (Å²) in [4.78, 5) is 0. The molecule has 3 aliphatic rings. The molecule has 3 fully saturated rings. The third-order valence-electron chi connectivity index (χ3n) is 3.55. The van der Waals surface area contributed by atoms with Gasteiger partial charge in [0, 0.05) is 6.54 Å². The molecule has 0 aliphatic carbocycles. The van der Waals surface area contributed by atoms with Gasteiger partial charge in [0.05, 0.1) is 25.4 Å². The highest BCUT2D eigenvalue weighted by molar-refractivity contribution is 5.03. The van der Waals surface area contributed by atoms with E-state index in [1.807, 2.05) is 0 Å². The molecule has 0 aromatic heterocycles. The van der Waals surface area contributed by atoms with Gasteiger partial charge in [0.2, 0.25) is 0 Å². The van der Waals surface area contributed by atoms with Gasteiger partial charge in [-0.1, -0.05) is 0 Å². The van der Waals surface area contributed by atoms with Crippen LogP contribution in [0.5, 0.6) is 0 Å². The molecule has 1 atom stereocenters. The van der Waals surface area contributed by atoms with Crippen molar-refractivity contribution in [2.24, 2.45) is 0 Å². The molecule has 80 valence electrons. The molecule has 0 amide bonds. The van der Waals surface area contributed by atoms with Crippen molar-refractivity contribution in [1.29, 1.82) is 0 Å². The van der Waals surface area contributed by atoms with E-state index in [9.17, 15) is 0 Å². The summed E-state index contributed by atoms with van der Waals surface area (Å²) in [5.74, 6) is 0. The van der Waals surface area contributed by atoms with Gasteiger partial charge in [0.1, 0.15) is 5.72 Å². The standard InChI is InChI=1S/C10H18N2O2/c1-2-10(6-11-4-1)12-9(3-5-14-10)7-13-8-9/h11-12H,1-8H2. The summed E-state index contributed by atoms with van der Waals surface area (Å²) in [5, 5.41) is 7.07. The maximum atomic E-state index is 5.91. The zero-order chi connectivity index (χ0) is 9.49. The average Bonchev–Trinajstić information content (AvgIpc) is 2.17. The molecule has 3 heterocycles. The third-order valence-corrected chi connectivity index (χ3v) is 3.55. The van der Waals surface area contributed by atoms with E-state index in [4.69, 9.17) is 9.47 Å². The molecule has 2 spiro atoms. The lowest BCUT2D eigenvalue weighted by Gasteiger charge is -2.54. The first kappa shape index (κ1) is 9.09. The van der Waals surface area contributed by atoms with Gasteiger partial charge < -0.3 is 14.8 Å². The van der Waals surface area contributed by atoms with Crippen LogP contribution < -0.4 is 10.6 Å². The first-order chi connectivity index (χ1) is 6.83. The number of nitrogens with one attached hydrogen (secondary N) is 2. The second kappa shape index (κ2) is 3.17. The fourth-order valence-corrected chi connectivity index (χ4v) is 2.70. The van der Waals surface area contributed by atoms with Crippen molar-refractivity contribution >= 4 is 0 Å². The summed E-state index contributed by atoms with van der Waals surface area (Å²) in [5.41, 5.74) is 0.136. The summed E-state index contributed by atoms with van der Waals surface area (Å²) in [6, 6.07) is 0. The number of ether oxygens (including phenoxy) is 2. The van der Waals surface area contributed by atoms with Gasteiger partial charge in [-0.05, 0) is 25.8 Å². The number of piperidine rings is 1. The Morgan fingerprint density at radius 1 is 1.14 bits per heavy atom. The molecule has 1 unspecified atom stereocenters. The van der Waals surface area contributed by atoms with Crippen LogP contribution in [0.2, 0.25) is 0 Å². The first-order valence-electron chi connectivity index (χ1n) is 5.55. The Balaban J connectivity index is 1.73. The summed E-state index contributed by atoms with van der Waals surface area (Å²) in [6.07, 6.45) is 3.42. The zero-order valence-corrected chi connectivity index (χ0v) is 8.47. The van der Waals surface area contributed by atoms with Gasteiger partial charge in [-0.15, -0.1) is 0 Å². The van der Waals surface area contributed by atoms with E-state index in [1.54, 1.807) is 0 Å². The molecule has 0 aromatic carbocycles. The Labute approximate surface area is 84.3 Å². The molecule has 0 saturated carbocycles. The van der Waals surface area contributed by atoms with Crippen molar-refractivity contribution in [2.45, 2.75) is 30.5 Å². The quantitative estimate of drug-likeness (QED) is 0.568. The van der Waals surface area contributed by atoms with Crippen molar-refractivity contribution in [3.63, 3.8) is 0 Å². The first-order valence-corrected chi connectivity index (χ1v) is 5.55. The van der Waals surface area contributed by atoms with E-state index >= 15 is 0 Å². The summed E-state index contributed by atoms with van der Waals surface area (Å²) in [6.45, 7) is 4.65. The van der Waals surface area contributed by atoms with Crippen LogP contribution in [-0.2, 0) is 9.47 Å². The van der Waals surface area contributed by atoms with Crippen LogP contribution in [0.25, 0.3) is 0 Å². The van der Waals surface area contributed by atoms with E-state index < -0.39 is 0 Å². The lowest BCUT2D eigenvalue weighted by atomic mass is 9.87. The van der Waals surface area contributed by atoms with Crippen LogP contribution in [0.4, 0.5) is 0 Å². The summed E-state index contributed by atoms with van der Waals surface area (Å²) in [7, 11) is 0. The Morgan fingerprint density at radius 3 is 2.71 bits per heavy atom. The second-order valence-electron chi connectivity index (χ2n) is 4.77. The van der Waals surface area contributed by atoms with Gasteiger partial charge in [-0.2, -0.15) is 0 Å². The second-order valence-corrected chi connectivity index (χ2v) is 4.77. The molecule has 3 aliphatic heterocycles. The third kappa shape index (κ3) is 1.37. The molecule has 3 rings (SSSR count). The van der Waals surface area contributed by atoms with Gasteiger partial charge in [-0.3, -0.25) is 5.32 Å². The maximum Gasteiger partial charge on any atom is 0.132 e. The van der Waals surface area contributed by atoms with E-state index in [1.165, 1.54) is 6.42 Å². The molecule has 14 heavy (non-hydrogen) atoms. The summed E-state index contributed by atoms with van der Waals surface area (Å²) >= 11 is 0. The van der Waals surface area contributed by atoms with Crippen LogP contribution >= 0.6 is 0 Å². The largest absolute Gasteiger partial charge is 0.377 e. The minimum absolute atomic E-state index is 0.0969. The Hall–Kier alpha value is -0.160. The van der Waals surface area contributed by atoms with Crippen LogP contribution in [0, 0.1) is 0 Å². The van der Waals surface area contributed by atoms with Crippen molar-refractivity contribution in [3.8, 4) is 0 Å². The van der Waals surface area contributed by atoms with Crippen LogP contribution in [0.3, 0.4) is 0 Å². The van der Waals surface area contributed by atoms with Gasteiger partial charge in [0.25, 0.3) is 0 Å². The molecule has 4 nitrogen and oxygen atoms in total. The van der Waals surface area contributed by atoms with Gasteiger partial charge >= 0.3 is 0 Å². The van der Waals surface area contributed by atoms with Crippen molar-refractivity contribution in [3.05, 3.63) is 0 Å². The Morgan fingerprint density at radius 2 is 2.07 bits per heavy atom. The predicted molar refractivity (Wildman–Crippen MR) is 52.1 cm³/mol. The average molecular weight is 198 g/mol. The van der Waals surface area contributed by atoms with Gasteiger partial charge in [0.15, 0.2) is 0 Å². The monoisotopic (exact) mass is 198 g/mol. The van der Waals surface area contributed by atoms with E-state index in [-0.39, 0.29) is 11.3 Å². The highest BCUT2D eigenvalue weighted by Crippen LogP contribution is 2.32. The van der Waals surface area contributed by atoms with Gasteiger partial charge in [-0.25, -0.2) is 0 Å². The molecule has 0 bridgehead atoms. The van der Waals surface area contributed by atoms with Crippen LogP contribution in [0.1, 0.15) is 19.3 Å². The van der Waals surface area contributed by atoms with E-state index in [0.717, 1.165) is 45.8 Å². The normalized spacial score (nSPS) is 41.1. The predicted octanol–water partition coefficient (Wildman–Crippen LogP) is -0.155. The van der Waals surface area contributed by atoms with Crippen LogP contribution in [0.15, 0.2) is 0 Å². The minimum Gasteiger partial charge on any atom is -0.377 e. The fourth-order valence-electron chi connectivity index (χ4n) is 2.70. The van der Waals surface area contributed by atoms with E-state index in [2.05, 4.69) is 10.6 Å². The minimum atomic E-state index is -0.0969. The van der Waals surface area contributed by atoms with Crippen molar-refractivity contribution < 1.29 is 9.47 Å².